The SMILES string of the molecule is CCCCN(CCO)C(C)CC(=O)O. The van der Waals surface area contributed by atoms with Gasteiger partial charge in [-0.2, -0.15) is 0 Å². The fraction of sp³-hybridized carbons (Fsp3) is 0.900. The van der Waals surface area contributed by atoms with Crippen LogP contribution < -0.4 is 0 Å². The molecule has 2 N–H and O–H groups in total. The van der Waals surface area contributed by atoms with Gasteiger partial charge in [0, 0.05) is 12.6 Å². The summed E-state index contributed by atoms with van der Waals surface area (Å²) >= 11 is 0. The zero-order chi connectivity index (χ0) is 11.0. The number of unbranched alkanes of at least 4 members (excludes halogenated alkanes) is 1. The lowest BCUT2D eigenvalue weighted by Crippen LogP contribution is -2.37. The number of aliphatic hydroxyl groups is 1. The Morgan fingerprint density at radius 1 is 1.43 bits per heavy atom. The second-order valence-corrected chi connectivity index (χ2v) is 3.56. The van der Waals surface area contributed by atoms with Crippen LogP contribution in [0.5, 0.6) is 0 Å². The summed E-state index contributed by atoms with van der Waals surface area (Å²) in [5.74, 6) is -0.781. The standard InChI is InChI=1S/C10H21NO3/c1-3-4-5-11(6-7-12)9(2)8-10(13)14/h9,12H,3-8H2,1-2H3,(H,13,14). The number of carboxylic acid groups (broad SMARTS) is 1. The molecule has 0 spiro atoms. The van der Waals surface area contributed by atoms with Crippen molar-refractivity contribution in [2.45, 2.75) is 39.2 Å². The molecule has 14 heavy (non-hydrogen) atoms. The van der Waals surface area contributed by atoms with Crippen LogP contribution in [0.4, 0.5) is 0 Å². The Balaban J connectivity index is 3.96. The van der Waals surface area contributed by atoms with E-state index in [0.717, 1.165) is 19.4 Å². The summed E-state index contributed by atoms with van der Waals surface area (Å²) < 4.78 is 0. The van der Waals surface area contributed by atoms with Gasteiger partial charge in [0.1, 0.15) is 0 Å². The number of carbonyl (C=O) groups is 1. The number of hydrogen-bond acceptors (Lipinski definition) is 3. The Labute approximate surface area is 85.5 Å². The minimum Gasteiger partial charge on any atom is -0.481 e. The highest BCUT2D eigenvalue weighted by atomic mass is 16.4. The summed E-state index contributed by atoms with van der Waals surface area (Å²) in [6.45, 7) is 5.51. The first-order valence-electron chi connectivity index (χ1n) is 5.18. The van der Waals surface area contributed by atoms with Crippen molar-refractivity contribution in [3.8, 4) is 0 Å². The van der Waals surface area contributed by atoms with Gasteiger partial charge in [0.15, 0.2) is 0 Å². The van der Waals surface area contributed by atoms with E-state index >= 15 is 0 Å². The van der Waals surface area contributed by atoms with Gasteiger partial charge in [-0.1, -0.05) is 13.3 Å². The van der Waals surface area contributed by atoms with E-state index in [9.17, 15) is 4.79 Å². The van der Waals surface area contributed by atoms with Crippen molar-refractivity contribution < 1.29 is 15.0 Å². The number of rotatable bonds is 8. The molecule has 1 unspecified atom stereocenters. The molecule has 0 radical (unpaired) electrons. The first-order valence-corrected chi connectivity index (χ1v) is 5.18. The lowest BCUT2D eigenvalue weighted by molar-refractivity contribution is -0.138. The van der Waals surface area contributed by atoms with Crippen molar-refractivity contribution in [3.63, 3.8) is 0 Å². The molecule has 1 atom stereocenters. The molecule has 4 heteroatoms. The Morgan fingerprint density at radius 3 is 2.50 bits per heavy atom. The van der Waals surface area contributed by atoms with Gasteiger partial charge in [-0.05, 0) is 19.9 Å². The summed E-state index contributed by atoms with van der Waals surface area (Å²) in [7, 11) is 0. The summed E-state index contributed by atoms with van der Waals surface area (Å²) in [6.07, 6.45) is 2.27. The third-order valence-electron chi connectivity index (χ3n) is 2.28. The predicted octanol–water partition coefficient (Wildman–Crippen LogP) is 0.944. The average Bonchev–Trinajstić information content (AvgIpc) is 2.10. The highest BCUT2D eigenvalue weighted by Gasteiger charge is 2.15. The molecular weight excluding hydrogens is 182 g/mol. The molecule has 0 aromatic heterocycles. The van der Waals surface area contributed by atoms with Crippen molar-refractivity contribution in [1.82, 2.24) is 4.90 Å². The van der Waals surface area contributed by atoms with Crippen LogP contribution in [0.3, 0.4) is 0 Å². The Morgan fingerprint density at radius 2 is 2.07 bits per heavy atom. The van der Waals surface area contributed by atoms with Crippen LogP contribution in [0, 0.1) is 0 Å². The van der Waals surface area contributed by atoms with E-state index < -0.39 is 5.97 Å². The first kappa shape index (κ1) is 13.4. The van der Waals surface area contributed by atoms with E-state index in [1.807, 2.05) is 11.8 Å². The van der Waals surface area contributed by atoms with Crippen LogP contribution in [0.1, 0.15) is 33.1 Å². The smallest absolute Gasteiger partial charge is 0.304 e. The average molecular weight is 203 g/mol. The zero-order valence-electron chi connectivity index (χ0n) is 9.07. The number of nitrogens with zero attached hydrogens (tertiary/aromatic N) is 1. The fourth-order valence-electron chi connectivity index (χ4n) is 1.42. The largest absolute Gasteiger partial charge is 0.481 e. The lowest BCUT2D eigenvalue weighted by Gasteiger charge is -2.27. The number of aliphatic hydroxyl groups excluding tert-OH is 1. The predicted molar refractivity (Wildman–Crippen MR) is 55.3 cm³/mol. The van der Waals surface area contributed by atoms with Gasteiger partial charge in [0.25, 0.3) is 0 Å². The monoisotopic (exact) mass is 203 g/mol. The first-order chi connectivity index (χ1) is 6.61. The fourth-order valence-corrected chi connectivity index (χ4v) is 1.42. The van der Waals surface area contributed by atoms with Gasteiger partial charge in [0.2, 0.25) is 0 Å². The second kappa shape index (κ2) is 7.76. The Kier molecular flexibility index (Phi) is 7.42. The summed E-state index contributed by atoms with van der Waals surface area (Å²) in [5.41, 5.74) is 0. The number of aliphatic carboxylic acids is 1. The molecular formula is C10H21NO3. The molecule has 0 rings (SSSR count). The van der Waals surface area contributed by atoms with Crippen molar-refractivity contribution in [1.29, 1.82) is 0 Å². The molecule has 0 saturated heterocycles. The van der Waals surface area contributed by atoms with Crippen molar-refractivity contribution >= 4 is 5.97 Å². The maximum atomic E-state index is 10.5. The van der Waals surface area contributed by atoms with Crippen molar-refractivity contribution in [2.24, 2.45) is 0 Å². The maximum absolute atomic E-state index is 10.5. The Hall–Kier alpha value is -0.610. The third-order valence-corrected chi connectivity index (χ3v) is 2.28. The molecule has 0 fully saturated rings. The molecule has 0 amide bonds. The van der Waals surface area contributed by atoms with Gasteiger partial charge < -0.3 is 10.2 Å². The quantitative estimate of drug-likeness (QED) is 0.616. The molecule has 84 valence electrons. The molecule has 0 aromatic carbocycles. The molecule has 0 bridgehead atoms. The molecule has 0 aromatic rings. The summed E-state index contributed by atoms with van der Waals surface area (Å²) in [6, 6.07) is 0.00574. The molecule has 0 aliphatic carbocycles. The van der Waals surface area contributed by atoms with Gasteiger partial charge in [-0.3, -0.25) is 9.69 Å². The summed E-state index contributed by atoms with van der Waals surface area (Å²) in [5, 5.41) is 17.5. The van der Waals surface area contributed by atoms with E-state index in [1.165, 1.54) is 0 Å². The van der Waals surface area contributed by atoms with Crippen LogP contribution in [-0.4, -0.2) is 46.8 Å². The van der Waals surface area contributed by atoms with Gasteiger partial charge in [0.05, 0.1) is 13.0 Å². The molecule has 0 aliphatic rings. The number of hydrogen-bond donors (Lipinski definition) is 2. The van der Waals surface area contributed by atoms with Crippen molar-refractivity contribution in [2.75, 3.05) is 19.7 Å². The van der Waals surface area contributed by atoms with Crippen LogP contribution in [-0.2, 0) is 4.79 Å². The molecule has 4 nitrogen and oxygen atoms in total. The maximum Gasteiger partial charge on any atom is 0.304 e. The van der Waals surface area contributed by atoms with Crippen molar-refractivity contribution in [3.05, 3.63) is 0 Å². The second-order valence-electron chi connectivity index (χ2n) is 3.56. The normalized spacial score (nSPS) is 13.1. The van der Waals surface area contributed by atoms with Gasteiger partial charge in [-0.15, -0.1) is 0 Å². The van der Waals surface area contributed by atoms with Crippen LogP contribution in [0.25, 0.3) is 0 Å². The van der Waals surface area contributed by atoms with Crippen LogP contribution in [0.2, 0.25) is 0 Å². The Bertz CT molecular complexity index is 161. The highest BCUT2D eigenvalue weighted by molar-refractivity contribution is 5.67. The van der Waals surface area contributed by atoms with Crippen LogP contribution in [0.15, 0.2) is 0 Å². The number of carboxylic acids is 1. The molecule has 0 saturated carbocycles. The third kappa shape index (κ3) is 5.94. The van der Waals surface area contributed by atoms with Gasteiger partial charge >= 0.3 is 5.97 Å². The topological polar surface area (TPSA) is 60.8 Å². The molecule has 0 heterocycles. The van der Waals surface area contributed by atoms with E-state index in [-0.39, 0.29) is 19.1 Å². The minimum absolute atomic E-state index is 0.00574. The zero-order valence-corrected chi connectivity index (χ0v) is 9.07. The highest BCUT2D eigenvalue weighted by Crippen LogP contribution is 2.05. The lowest BCUT2D eigenvalue weighted by atomic mass is 10.2. The van der Waals surface area contributed by atoms with E-state index in [1.54, 1.807) is 0 Å². The minimum atomic E-state index is -0.781. The van der Waals surface area contributed by atoms with E-state index in [2.05, 4.69) is 6.92 Å². The van der Waals surface area contributed by atoms with Gasteiger partial charge in [-0.25, -0.2) is 0 Å². The van der Waals surface area contributed by atoms with E-state index in [4.69, 9.17) is 10.2 Å². The van der Waals surface area contributed by atoms with Crippen LogP contribution >= 0.6 is 0 Å². The summed E-state index contributed by atoms with van der Waals surface area (Å²) in [4.78, 5) is 12.5. The molecule has 0 aliphatic heterocycles. The van der Waals surface area contributed by atoms with E-state index in [0.29, 0.717) is 6.54 Å².